The van der Waals surface area contributed by atoms with Crippen LogP contribution >= 0.6 is 11.3 Å². The van der Waals surface area contributed by atoms with E-state index in [1.165, 1.54) is 15.9 Å². The number of rotatable bonds is 3. The Kier molecular flexibility index (Phi) is 3.20. The van der Waals surface area contributed by atoms with E-state index in [0.717, 1.165) is 33.3 Å². The van der Waals surface area contributed by atoms with Crippen molar-refractivity contribution in [1.82, 2.24) is 9.55 Å². The highest BCUT2D eigenvalue weighted by molar-refractivity contribution is 7.13. The van der Waals surface area contributed by atoms with Crippen LogP contribution in [0.25, 0.3) is 21.5 Å². The Hall–Kier alpha value is -2.27. The van der Waals surface area contributed by atoms with Gasteiger partial charge in [-0.25, -0.2) is 4.98 Å². The molecule has 0 unspecified atom stereocenters. The number of benzene rings is 1. The van der Waals surface area contributed by atoms with Crippen LogP contribution in [0.4, 0.5) is 0 Å². The van der Waals surface area contributed by atoms with E-state index in [2.05, 4.69) is 4.98 Å². The molecule has 20 heavy (non-hydrogen) atoms. The van der Waals surface area contributed by atoms with Gasteiger partial charge in [0, 0.05) is 28.6 Å². The number of nitrogens with zero attached hydrogens (tertiary/aromatic N) is 2. The lowest BCUT2D eigenvalue weighted by molar-refractivity contribution is -0.108. The third-order valence-corrected chi connectivity index (χ3v) is 3.99. The Labute approximate surface area is 119 Å². The minimum absolute atomic E-state index is 0.0664. The Balaban J connectivity index is 2.42. The highest BCUT2D eigenvalue weighted by Crippen LogP contribution is 2.29. The molecule has 0 bridgehead atoms. The lowest BCUT2D eigenvalue weighted by atomic mass is 10.1. The smallest absolute Gasteiger partial charge is 0.252 e. The predicted molar refractivity (Wildman–Crippen MR) is 80.1 cm³/mol. The van der Waals surface area contributed by atoms with Crippen LogP contribution < -0.4 is 5.56 Å². The summed E-state index contributed by atoms with van der Waals surface area (Å²) in [5.41, 5.74) is 2.46. The van der Waals surface area contributed by atoms with E-state index in [1.54, 1.807) is 12.3 Å². The molecule has 1 aromatic carbocycles. The summed E-state index contributed by atoms with van der Waals surface area (Å²) >= 11 is 1.49. The highest BCUT2D eigenvalue weighted by atomic mass is 32.1. The van der Waals surface area contributed by atoms with Crippen LogP contribution in [0, 0.1) is 6.92 Å². The Morgan fingerprint density at radius 3 is 2.90 bits per heavy atom. The monoisotopic (exact) mass is 284 g/mol. The lowest BCUT2D eigenvalue weighted by Gasteiger charge is -2.11. The third kappa shape index (κ3) is 2.06. The normalized spacial score (nSPS) is 10.8. The molecular formula is C15H12N2O2S. The lowest BCUT2D eigenvalue weighted by Crippen LogP contribution is -2.20. The van der Waals surface area contributed by atoms with Crippen LogP contribution in [0.1, 0.15) is 5.56 Å². The topological polar surface area (TPSA) is 52.0 Å². The quantitative estimate of drug-likeness (QED) is 0.695. The minimum atomic E-state index is -0.180. The molecular weight excluding hydrogens is 272 g/mol. The van der Waals surface area contributed by atoms with Gasteiger partial charge in [0.25, 0.3) is 5.56 Å². The number of fused-ring (bicyclic) bond motifs is 1. The standard InChI is InChI=1S/C15H12N2O2S/c1-10-2-3-11-12(15-16-4-7-20-15)9-14(19)17(5-6-18)13(11)8-10/h2-4,6-9H,5H2,1H3. The molecule has 5 heteroatoms. The van der Waals surface area contributed by atoms with Gasteiger partial charge in [-0.05, 0) is 18.6 Å². The summed E-state index contributed by atoms with van der Waals surface area (Å²) in [7, 11) is 0. The number of thiazole rings is 1. The molecule has 0 aliphatic heterocycles. The van der Waals surface area contributed by atoms with E-state index in [1.807, 2.05) is 30.5 Å². The molecule has 0 fully saturated rings. The first kappa shape index (κ1) is 12.7. The number of aldehydes is 1. The molecule has 0 saturated heterocycles. The summed E-state index contributed by atoms with van der Waals surface area (Å²) in [6.07, 6.45) is 2.46. The fourth-order valence-corrected chi connectivity index (χ4v) is 2.96. The molecule has 4 nitrogen and oxygen atoms in total. The molecule has 0 aliphatic carbocycles. The number of aryl methyl sites for hydroxylation is 1. The number of pyridine rings is 1. The van der Waals surface area contributed by atoms with Gasteiger partial charge in [0.2, 0.25) is 0 Å². The summed E-state index contributed by atoms with van der Waals surface area (Å²) in [5, 5.41) is 3.63. The molecule has 2 heterocycles. The van der Waals surface area contributed by atoms with Crippen LogP contribution in [0.15, 0.2) is 40.6 Å². The predicted octanol–water partition coefficient (Wildman–Crippen LogP) is 2.63. The number of aromatic nitrogens is 2. The average molecular weight is 284 g/mol. The van der Waals surface area contributed by atoms with Gasteiger partial charge in [-0.1, -0.05) is 12.1 Å². The van der Waals surface area contributed by atoms with Crippen molar-refractivity contribution in [2.75, 3.05) is 0 Å². The van der Waals surface area contributed by atoms with Crippen LogP contribution in [0.2, 0.25) is 0 Å². The molecule has 2 aromatic heterocycles. The molecule has 0 radical (unpaired) electrons. The second kappa shape index (κ2) is 5.02. The number of hydrogen-bond donors (Lipinski definition) is 0. The third-order valence-electron chi connectivity index (χ3n) is 3.19. The summed E-state index contributed by atoms with van der Waals surface area (Å²) in [4.78, 5) is 27.3. The highest BCUT2D eigenvalue weighted by Gasteiger charge is 2.12. The molecule has 0 amide bonds. The first-order valence-electron chi connectivity index (χ1n) is 6.18. The summed E-state index contributed by atoms with van der Waals surface area (Å²) in [5.74, 6) is 0. The SMILES string of the molecule is Cc1ccc2c(-c3nccs3)cc(=O)n(CC=O)c2c1. The Morgan fingerprint density at radius 1 is 1.35 bits per heavy atom. The van der Waals surface area contributed by atoms with Gasteiger partial charge in [0.15, 0.2) is 0 Å². The van der Waals surface area contributed by atoms with Crippen molar-refractivity contribution in [2.45, 2.75) is 13.5 Å². The van der Waals surface area contributed by atoms with Crippen molar-refractivity contribution in [3.63, 3.8) is 0 Å². The molecule has 0 spiro atoms. The van der Waals surface area contributed by atoms with Gasteiger partial charge in [0.05, 0.1) is 12.1 Å². The van der Waals surface area contributed by atoms with Gasteiger partial charge < -0.3 is 9.36 Å². The largest absolute Gasteiger partial charge is 0.301 e. The molecule has 3 aromatic rings. The van der Waals surface area contributed by atoms with Crippen molar-refractivity contribution in [3.05, 3.63) is 51.8 Å². The van der Waals surface area contributed by atoms with Crippen LogP contribution in [0.5, 0.6) is 0 Å². The fraction of sp³-hybridized carbons (Fsp3) is 0.133. The molecule has 0 aliphatic rings. The molecule has 0 atom stereocenters. The van der Waals surface area contributed by atoms with Crippen molar-refractivity contribution >= 4 is 28.5 Å². The van der Waals surface area contributed by atoms with Crippen molar-refractivity contribution in [3.8, 4) is 10.6 Å². The zero-order valence-electron chi connectivity index (χ0n) is 10.9. The average Bonchev–Trinajstić information content (AvgIpc) is 2.95. The number of hydrogen-bond acceptors (Lipinski definition) is 4. The van der Waals surface area contributed by atoms with Crippen LogP contribution in [-0.2, 0) is 11.3 Å². The summed E-state index contributed by atoms with van der Waals surface area (Å²) in [6.45, 7) is 2.03. The maximum absolute atomic E-state index is 12.2. The zero-order valence-corrected chi connectivity index (χ0v) is 11.7. The van der Waals surface area contributed by atoms with Crippen molar-refractivity contribution in [2.24, 2.45) is 0 Å². The van der Waals surface area contributed by atoms with E-state index < -0.39 is 0 Å². The van der Waals surface area contributed by atoms with Gasteiger partial charge in [-0.2, -0.15) is 0 Å². The number of carbonyl (C=O) groups excluding carboxylic acids is 1. The summed E-state index contributed by atoms with van der Waals surface area (Å²) < 4.78 is 1.49. The Morgan fingerprint density at radius 2 is 2.20 bits per heavy atom. The van der Waals surface area contributed by atoms with E-state index in [4.69, 9.17) is 0 Å². The molecule has 100 valence electrons. The Bertz CT molecular complexity index is 835. The second-order valence-electron chi connectivity index (χ2n) is 4.53. The van der Waals surface area contributed by atoms with E-state index in [9.17, 15) is 9.59 Å². The van der Waals surface area contributed by atoms with E-state index in [0.29, 0.717) is 0 Å². The van der Waals surface area contributed by atoms with Gasteiger partial charge in [-0.3, -0.25) is 4.79 Å². The van der Waals surface area contributed by atoms with E-state index in [-0.39, 0.29) is 12.1 Å². The first-order chi connectivity index (χ1) is 9.70. The fourth-order valence-electron chi connectivity index (χ4n) is 2.29. The summed E-state index contributed by atoms with van der Waals surface area (Å²) in [6, 6.07) is 7.45. The first-order valence-corrected chi connectivity index (χ1v) is 7.06. The maximum atomic E-state index is 12.2. The van der Waals surface area contributed by atoms with Crippen molar-refractivity contribution in [1.29, 1.82) is 0 Å². The minimum Gasteiger partial charge on any atom is -0.301 e. The number of carbonyl (C=O) groups is 1. The molecule has 3 rings (SSSR count). The molecule has 0 N–H and O–H groups in total. The van der Waals surface area contributed by atoms with Crippen molar-refractivity contribution < 1.29 is 4.79 Å². The maximum Gasteiger partial charge on any atom is 0.252 e. The zero-order chi connectivity index (χ0) is 14.1. The van der Waals surface area contributed by atoms with Crippen LogP contribution in [-0.4, -0.2) is 15.8 Å². The molecule has 0 saturated carbocycles. The van der Waals surface area contributed by atoms with Gasteiger partial charge in [-0.15, -0.1) is 11.3 Å². The van der Waals surface area contributed by atoms with Crippen LogP contribution in [0.3, 0.4) is 0 Å². The van der Waals surface area contributed by atoms with E-state index >= 15 is 0 Å². The van der Waals surface area contributed by atoms with Gasteiger partial charge in [0.1, 0.15) is 11.3 Å². The second-order valence-corrected chi connectivity index (χ2v) is 5.43. The van der Waals surface area contributed by atoms with Gasteiger partial charge >= 0.3 is 0 Å².